The summed E-state index contributed by atoms with van der Waals surface area (Å²) in [5.74, 6) is -0.231. The van der Waals surface area contributed by atoms with Crippen molar-refractivity contribution in [1.29, 1.82) is 5.26 Å². The molecule has 14 heteroatoms. The van der Waals surface area contributed by atoms with E-state index in [9.17, 15) is 27.9 Å². The normalized spacial score (nSPS) is 12.9. The van der Waals surface area contributed by atoms with Gasteiger partial charge in [0.1, 0.15) is 22.7 Å². The average molecular weight is 593 g/mol. The second-order valence-electron chi connectivity index (χ2n) is 10.1. The fourth-order valence-electron chi connectivity index (χ4n) is 4.55. The summed E-state index contributed by atoms with van der Waals surface area (Å²) in [7, 11) is 3.25. The lowest BCUT2D eigenvalue weighted by Gasteiger charge is -2.23. The van der Waals surface area contributed by atoms with Gasteiger partial charge in [0.15, 0.2) is 12.8 Å². The van der Waals surface area contributed by atoms with E-state index in [1.807, 2.05) is 13.8 Å². The average Bonchev–Trinajstić information content (AvgIpc) is 3.27. The van der Waals surface area contributed by atoms with Crippen LogP contribution in [0.15, 0.2) is 41.2 Å². The molecular weight excluding hydrogens is 564 g/mol. The van der Waals surface area contributed by atoms with Crippen molar-refractivity contribution in [3.8, 4) is 23.2 Å². The number of carbonyl (C=O) groups is 1. The van der Waals surface area contributed by atoms with Gasteiger partial charge in [-0.25, -0.2) is 4.98 Å². The number of carbonyl (C=O) groups excluding carboxylic acids is 1. The summed E-state index contributed by atoms with van der Waals surface area (Å²) in [5, 5.41) is 26.6. The van der Waals surface area contributed by atoms with E-state index in [4.69, 9.17) is 15.0 Å². The van der Waals surface area contributed by atoms with Crippen molar-refractivity contribution in [3.63, 3.8) is 0 Å². The molecule has 1 atom stereocenters. The van der Waals surface area contributed by atoms with Crippen LogP contribution in [0.5, 0.6) is 5.75 Å². The van der Waals surface area contributed by atoms with E-state index in [0.717, 1.165) is 18.6 Å². The summed E-state index contributed by atoms with van der Waals surface area (Å²) < 4.78 is 47.2. The van der Waals surface area contributed by atoms with Crippen molar-refractivity contribution in [2.24, 2.45) is 7.05 Å². The van der Waals surface area contributed by atoms with Crippen LogP contribution in [-0.4, -0.2) is 50.2 Å². The summed E-state index contributed by atoms with van der Waals surface area (Å²) in [5.41, 5.74) is -1.82. The minimum absolute atomic E-state index is 0.207. The van der Waals surface area contributed by atoms with E-state index in [-0.39, 0.29) is 23.4 Å². The molecule has 1 radical (unpaired) electrons. The molecule has 10 nitrogen and oxygen atoms in total. The standard InChI is InChI=1S/C29H29BF3N6O4/c1-5-7-21-23-24(39(4)38-21)26(40)37-25(36-23)19-12-17(9-11-22(19)43-6-2)30-15-28(3,42)27(41)35-18-10-8-16(14-34)20(13-18)29(31,32)33/h8-13,42H,5-7,15H2,1-4H3,(H,35,41)(H,36,37,40). The maximum Gasteiger partial charge on any atom is 0.417 e. The molecule has 4 aromatic rings. The Morgan fingerprint density at radius 2 is 1.98 bits per heavy atom. The maximum absolute atomic E-state index is 13.3. The summed E-state index contributed by atoms with van der Waals surface area (Å²) in [4.78, 5) is 33.3. The lowest BCUT2D eigenvalue weighted by Crippen LogP contribution is -2.42. The van der Waals surface area contributed by atoms with Crippen LogP contribution in [0.2, 0.25) is 6.32 Å². The molecule has 0 aliphatic heterocycles. The first kappa shape index (κ1) is 31.3. The Morgan fingerprint density at radius 3 is 2.63 bits per heavy atom. The summed E-state index contributed by atoms with van der Waals surface area (Å²) in [6, 6.07) is 9.29. The largest absolute Gasteiger partial charge is 0.493 e. The number of H-pyrrole nitrogens is 1. The molecule has 0 aliphatic carbocycles. The van der Waals surface area contributed by atoms with Crippen LogP contribution in [-0.2, 0) is 24.4 Å². The fourth-order valence-corrected chi connectivity index (χ4v) is 4.55. The SMILES string of the molecule is CCCc1nn(C)c2c(=O)[nH]c(-c3cc([B]CC(C)(O)C(=O)Nc4ccc(C#N)c(C(F)(F)F)c4)ccc3OCC)nc12. The number of aromatic nitrogens is 4. The van der Waals surface area contributed by atoms with Crippen LogP contribution in [0, 0.1) is 11.3 Å². The van der Waals surface area contributed by atoms with Crippen molar-refractivity contribution < 1.29 is 27.8 Å². The number of amides is 1. The van der Waals surface area contributed by atoms with Gasteiger partial charge in [-0.05, 0) is 50.9 Å². The number of fused-ring (bicyclic) bond motifs is 1. The minimum Gasteiger partial charge on any atom is -0.493 e. The number of alkyl halides is 3. The smallest absolute Gasteiger partial charge is 0.417 e. The molecule has 2 aromatic heterocycles. The first-order valence-electron chi connectivity index (χ1n) is 13.5. The quantitative estimate of drug-likeness (QED) is 0.238. The minimum atomic E-state index is -4.80. The number of hydrogen-bond acceptors (Lipinski definition) is 7. The fraction of sp³-hybridized carbons (Fsp3) is 0.345. The molecule has 0 saturated heterocycles. The van der Waals surface area contributed by atoms with Gasteiger partial charge >= 0.3 is 6.18 Å². The molecular formula is C29H29BF3N6O4. The Morgan fingerprint density at radius 1 is 1.23 bits per heavy atom. The maximum atomic E-state index is 13.3. The van der Waals surface area contributed by atoms with Crippen molar-refractivity contribution in [3.05, 3.63) is 63.6 Å². The zero-order valence-electron chi connectivity index (χ0n) is 24.0. The van der Waals surface area contributed by atoms with Crippen LogP contribution in [0.25, 0.3) is 22.4 Å². The Labute approximate surface area is 245 Å². The highest BCUT2D eigenvalue weighted by atomic mass is 19.4. The molecule has 2 heterocycles. The van der Waals surface area contributed by atoms with Crippen LogP contribution in [0.1, 0.15) is 44.0 Å². The van der Waals surface area contributed by atoms with E-state index < -0.39 is 28.8 Å². The van der Waals surface area contributed by atoms with Crippen LogP contribution >= 0.6 is 0 Å². The Kier molecular flexibility index (Phi) is 8.96. The van der Waals surface area contributed by atoms with Crippen molar-refractivity contribution in [2.75, 3.05) is 11.9 Å². The van der Waals surface area contributed by atoms with Crippen LogP contribution in [0.4, 0.5) is 18.9 Å². The van der Waals surface area contributed by atoms with Crippen molar-refractivity contribution in [1.82, 2.24) is 19.7 Å². The number of benzene rings is 2. The number of rotatable bonds is 10. The third-order valence-corrected chi connectivity index (χ3v) is 6.74. The van der Waals surface area contributed by atoms with Gasteiger partial charge in [-0.15, -0.1) is 0 Å². The predicted molar refractivity (Wildman–Crippen MR) is 155 cm³/mol. The first-order valence-corrected chi connectivity index (χ1v) is 13.5. The Bertz CT molecular complexity index is 1780. The molecule has 43 heavy (non-hydrogen) atoms. The number of aryl methyl sites for hydroxylation is 2. The second kappa shape index (κ2) is 12.3. The molecule has 0 spiro atoms. The van der Waals surface area contributed by atoms with Gasteiger partial charge in [-0.1, -0.05) is 30.9 Å². The van der Waals surface area contributed by atoms with Gasteiger partial charge in [-0.3, -0.25) is 14.3 Å². The number of ether oxygens (including phenoxy) is 1. The number of halogens is 3. The highest BCUT2D eigenvalue weighted by Crippen LogP contribution is 2.34. The molecule has 0 saturated carbocycles. The zero-order chi connectivity index (χ0) is 31.5. The Hall–Kier alpha value is -4.64. The highest BCUT2D eigenvalue weighted by molar-refractivity contribution is 6.54. The lowest BCUT2D eigenvalue weighted by molar-refractivity contribution is -0.137. The number of nitrogens with zero attached hydrogens (tertiary/aromatic N) is 4. The number of aliphatic hydroxyl groups is 1. The van der Waals surface area contributed by atoms with Gasteiger partial charge in [0, 0.05) is 12.7 Å². The molecule has 4 rings (SSSR count). The Balaban J connectivity index is 1.60. The second-order valence-corrected chi connectivity index (χ2v) is 10.1. The molecule has 1 unspecified atom stereocenters. The third-order valence-electron chi connectivity index (χ3n) is 6.74. The summed E-state index contributed by atoms with van der Waals surface area (Å²) in [6.07, 6.45) is -3.56. The monoisotopic (exact) mass is 593 g/mol. The topological polar surface area (TPSA) is 146 Å². The highest BCUT2D eigenvalue weighted by Gasteiger charge is 2.35. The third kappa shape index (κ3) is 6.72. The van der Waals surface area contributed by atoms with Gasteiger partial charge < -0.3 is 20.1 Å². The lowest BCUT2D eigenvalue weighted by atomic mass is 9.62. The van der Waals surface area contributed by atoms with Crippen molar-refractivity contribution in [2.45, 2.75) is 51.7 Å². The van der Waals surface area contributed by atoms with E-state index in [1.165, 1.54) is 17.7 Å². The van der Waals surface area contributed by atoms with E-state index in [0.29, 0.717) is 52.6 Å². The molecule has 0 aliphatic rings. The molecule has 223 valence electrons. The predicted octanol–water partition coefficient (Wildman–Crippen LogP) is 3.70. The number of nitriles is 1. The van der Waals surface area contributed by atoms with Gasteiger partial charge in [0.2, 0.25) is 0 Å². The van der Waals surface area contributed by atoms with E-state index in [1.54, 1.807) is 32.5 Å². The van der Waals surface area contributed by atoms with Crippen molar-refractivity contribution >= 4 is 35.4 Å². The summed E-state index contributed by atoms with van der Waals surface area (Å²) in [6.45, 7) is 5.38. The number of aromatic amines is 1. The first-order chi connectivity index (χ1) is 20.3. The van der Waals surface area contributed by atoms with E-state index in [2.05, 4.69) is 15.4 Å². The van der Waals surface area contributed by atoms with Gasteiger partial charge in [-0.2, -0.15) is 23.5 Å². The zero-order valence-corrected chi connectivity index (χ0v) is 24.0. The van der Waals surface area contributed by atoms with Gasteiger partial charge in [0.05, 0.1) is 35.1 Å². The molecule has 0 fully saturated rings. The van der Waals surface area contributed by atoms with Crippen LogP contribution < -0.4 is 21.1 Å². The molecule has 3 N–H and O–H groups in total. The number of anilines is 1. The number of hydrogen-bond donors (Lipinski definition) is 3. The molecule has 2 aromatic carbocycles. The van der Waals surface area contributed by atoms with Gasteiger partial charge in [0.25, 0.3) is 11.5 Å². The molecule has 0 bridgehead atoms. The van der Waals surface area contributed by atoms with E-state index >= 15 is 0 Å². The van der Waals surface area contributed by atoms with Crippen LogP contribution in [0.3, 0.4) is 0 Å². The number of nitrogens with one attached hydrogen (secondary N) is 2. The molecule has 1 amide bonds. The summed E-state index contributed by atoms with van der Waals surface area (Å²) >= 11 is 0.